The van der Waals surface area contributed by atoms with Crippen LogP contribution < -0.4 is 15.5 Å². The third kappa shape index (κ3) is 6.47. The van der Waals surface area contributed by atoms with E-state index in [9.17, 15) is 24.8 Å². The van der Waals surface area contributed by atoms with Crippen molar-refractivity contribution in [2.75, 3.05) is 12.4 Å². The number of phenols is 1. The van der Waals surface area contributed by atoms with Gasteiger partial charge in [-0.05, 0) is 30.3 Å². The van der Waals surface area contributed by atoms with Crippen molar-refractivity contribution in [3.05, 3.63) is 57.1 Å². The van der Waals surface area contributed by atoms with Crippen molar-refractivity contribution >= 4 is 41.0 Å². The Bertz CT molecular complexity index is 946. The Labute approximate surface area is 170 Å². The van der Waals surface area contributed by atoms with Gasteiger partial charge in [0.25, 0.3) is 0 Å². The van der Waals surface area contributed by atoms with Crippen LogP contribution in [0.25, 0.3) is 0 Å². The standard InChI is InChI=1S/C18H17ClN4O6/c1-29-14-4-2-13(3-5-14)21-16(24)6-7-17(25)22-20-10-11-8-12(19)9-15(18(11)26)23(27)28/h2-5,8-10,26H,6-7H2,1H3,(H,21,24)(H,22,25). The number of nitrogens with zero attached hydrogens (tertiary/aromatic N) is 2. The van der Waals surface area contributed by atoms with E-state index in [1.54, 1.807) is 24.3 Å². The van der Waals surface area contributed by atoms with Crippen LogP contribution in [-0.4, -0.2) is 35.2 Å². The van der Waals surface area contributed by atoms with Gasteiger partial charge in [-0.2, -0.15) is 5.10 Å². The van der Waals surface area contributed by atoms with Gasteiger partial charge < -0.3 is 15.2 Å². The highest BCUT2D eigenvalue weighted by molar-refractivity contribution is 6.31. The molecule has 0 unspecified atom stereocenters. The third-order valence-corrected chi connectivity index (χ3v) is 3.84. The lowest BCUT2D eigenvalue weighted by Crippen LogP contribution is -2.20. The van der Waals surface area contributed by atoms with Crippen LogP contribution in [0.15, 0.2) is 41.5 Å². The van der Waals surface area contributed by atoms with Gasteiger partial charge >= 0.3 is 5.69 Å². The molecule has 0 bridgehead atoms. The van der Waals surface area contributed by atoms with E-state index in [1.807, 2.05) is 0 Å². The number of benzene rings is 2. The molecule has 0 radical (unpaired) electrons. The first-order chi connectivity index (χ1) is 13.8. The number of amides is 2. The molecule has 152 valence electrons. The highest BCUT2D eigenvalue weighted by Crippen LogP contribution is 2.32. The fourth-order valence-corrected chi connectivity index (χ4v) is 2.42. The molecular formula is C18H17ClN4O6. The number of nitro groups is 1. The zero-order valence-corrected chi connectivity index (χ0v) is 16.0. The maximum atomic E-state index is 11.9. The van der Waals surface area contributed by atoms with Gasteiger partial charge in [0.05, 0.1) is 18.2 Å². The summed E-state index contributed by atoms with van der Waals surface area (Å²) in [7, 11) is 1.53. The molecule has 0 atom stereocenters. The van der Waals surface area contributed by atoms with Crippen LogP contribution in [0, 0.1) is 10.1 Å². The van der Waals surface area contributed by atoms with E-state index in [-0.39, 0.29) is 29.3 Å². The molecule has 10 nitrogen and oxygen atoms in total. The molecule has 0 saturated heterocycles. The Hall–Kier alpha value is -3.66. The number of halogens is 1. The van der Waals surface area contributed by atoms with Gasteiger partial charge in [-0.1, -0.05) is 11.6 Å². The Balaban J connectivity index is 1.85. The van der Waals surface area contributed by atoms with E-state index in [4.69, 9.17) is 16.3 Å². The van der Waals surface area contributed by atoms with Crippen LogP contribution in [-0.2, 0) is 9.59 Å². The first-order valence-electron chi connectivity index (χ1n) is 8.23. The third-order valence-electron chi connectivity index (χ3n) is 3.63. The quantitative estimate of drug-likeness (QED) is 0.340. The second kappa shape index (κ2) is 10.0. The average Bonchev–Trinajstić information content (AvgIpc) is 2.69. The maximum Gasteiger partial charge on any atom is 0.312 e. The van der Waals surface area contributed by atoms with Crippen molar-refractivity contribution in [1.82, 2.24) is 5.43 Å². The van der Waals surface area contributed by atoms with Gasteiger partial charge in [-0.25, -0.2) is 5.43 Å². The number of phenolic OH excluding ortho intramolecular Hbond substituents is 1. The molecule has 3 N–H and O–H groups in total. The monoisotopic (exact) mass is 420 g/mol. The fourth-order valence-electron chi connectivity index (χ4n) is 2.20. The zero-order valence-electron chi connectivity index (χ0n) is 15.2. The molecule has 2 rings (SSSR count). The molecule has 0 spiro atoms. The van der Waals surface area contributed by atoms with E-state index in [0.29, 0.717) is 11.4 Å². The largest absolute Gasteiger partial charge is 0.502 e. The average molecular weight is 421 g/mol. The van der Waals surface area contributed by atoms with Gasteiger partial charge in [0, 0.05) is 35.2 Å². The summed E-state index contributed by atoms with van der Waals surface area (Å²) in [6, 6.07) is 8.95. The molecule has 11 heteroatoms. The van der Waals surface area contributed by atoms with Gasteiger partial charge in [-0.15, -0.1) is 0 Å². The number of hydrogen-bond donors (Lipinski definition) is 3. The molecule has 0 aliphatic rings. The topological polar surface area (TPSA) is 143 Å². The number of nitrogens with one attached hydrogen (secondary N) is 2. The van der Waals surface area contributed by atoms with Gasteiger partial charge in [0.1, 0.15) is 5.75 Å². The number of hydrogen-bond acceptors (Lipinski definition) is 7. The number of anilines is 1. The summed E-state index contributed by atoms with van der Waals surface area (Å²) >= 11 is 5.76. The van der Waals surface area contributed by atoms with Crippen LogP contribution >= 0.6 is 11.6 Å². The molecule has 0 heterocycles. The van der Waals surface area contributed by atoms with Gasteiger partial charge in [-0.3, -0.25) is 19.7 Å². The van der Waals surface area contributed by atoms with Crippen LogP contribution in [0.3, 0.4) is 0 Å². The van der Waals surface area contributed by atoms with Crippen molar-refractivity contribution < 1.29 is 24.4 Å². The minimum Gasteiger partial charge on any atom is -0.502 e. The van der Waals surface area contributed by atoms with Crippen LogP contribution in [0.1, 0.15) is 18.4 Å². The summed E-state index contributed by atoms with van der Waals surface area (Å²) < 4.78 is 5.02. The summed E-state index contributed by atoms with van der Waals surface area (Å²) in [6.45, 7) is 0. The molecule has 2 aromatic rings. The Morgan fingerprint density at radius 1 is 1.24 bits per heavy atom. The number of carbonyl (C=O) groups is 2. The predicted octanol–water partition coefficient (Wildman–Crippen LogP) is 2.83. The van der Waals surface area contributed by atoms with Crippen molar-refractivity contribution in [1.29, 1.82) is 0 Å². The Morgan fingerprint density at radius 2 is 1.90 bits per heavy atom. The number of hydrazone groups is 1. The number of rotatable bonds is 8. The minimum absolute atomic E-state index is 0.0254. The SMILES string of the molecule is COc1ccc(NC(=O)CCC(=O)NN=Cc2cc(Cl)cc([N+](=O)[O-])c2O)cc1. The molecule has 2 amide bonds. The number of aromatic hydroxyl groups is 1. The van der Waals surface area contributed by atoms with E-state index in [1.165, 1.54) is 13.2 Å². The van der Waals surface area contributed by atoms with E-state index < -0.39 is 22.3 Å². The summed E-state index contributed by atoms with van der Waals surface area (Å²) in [5.74, 6) is -0.896. The van der Waals surface area contributed by atoms with Crippen LogP contribution in [0.4, 0.5) is 11.4 Å². The molecule has 0 saturated carbocycles. The molecular weight excluding hydrogens is 404 g/mol. The van der Waals surface area contributed by atoms with Crippen molar-refractivity contribution in [2.45, 2.75) is 12.8 Å². The first-order valence-corrected chi connectivity index (χ1v) is 8.60. The van der Waals surface area contributed by atoms with E-state index in [2.05, 4.69) is 15.8 Å². The fraction of sp³-hybridized carbons (Fsp3) is 0.167. The summed E-state index contributed by atoms with van der Waals surface area (Å²) in [6.07, 6.45) is 0.797. The summed E-state index contributed by atoms with van der Waals surface area (Å²) in [4.78, 5) is 33.7. The highest BCUT2D eigenvalue weighted by Gasteiger charge is 2.17. The van der Waals surface area contributed by atoms with Gasteiger partial charge in [0.15, 0.2) is 0 Å². The van der Waals surface area contributed by atoms with E-state index >= 15 is 0 Å². The lowest BCUT2D eigenvalue weighted by molar-refractivity contribution is -0.385. The van der Waals surface area contributed by atoms with E-state index in [0.717, 1.165) is 12.3 Å². The number of methoxy groups -OCH3 is 1. The summed E-state index contributed by atoms with van der Waals surface area (Å²) in [5.41, 5.74) is 2.11. The predicted molar refractivity (Wildman–Crippen MR) is 106 cm³/mol. The second-order valence-corrected chi connectivity index (χ2v) is 6.13. The minimum atomic E-state index is -0.793. The first kappa shape index (κ1) is 21.6. The van der Waals surface area contributed by atoms with Crippen molar-refractivity contribution in [3.63, 3.8) is 0 Å². The van der Waals surface area contributed by atoms with Crippen LogP contribution in [0.2, 0.25) is 5.02 Å². The molecule has 0 aliphatic heterocycles. The van der Waals surface area contributed by atoms with Crippen molar-refractivity contribution in [2.24, 2.45) is 5.10 Å². The Kier molecular flexibility index (Phi) is 7.49. The number of carbonyl (C=O) groups excluding carboxylic acids is 2. The van der Waals surface area contributed by atoms with Gasteiger partial charge in [0.2, 0.25) is 17.6 Å². The summed E-state index contributed by atoms with van der Waals surface area (Å²) in [5, 5.41) is 27.0. The lowest BCUT2D eigenvalue weighted by Gasteiger charge is -2.06. The highest BCUT2D eigenvalue weighted by atomic mass is 35.5. The molecule has 0 aliphatic carbocycles. The lowest BCUT2D eigenvalue weighted by atomic mass is 10.2. The molecule has 0 fully saturated rings. The number of ether oxygens (including phenoxy) is 1. The Morgan fingerprint density at radius 3 is 2.52 bits per heavy atom. The van der Waals surface area contributed by atoms with Crippen LogP contribution in [0.5, 0.6) is 11.5 Å². The maximum absolute atomic E-state index is 11.9. The molecule has 0 aromatic heterocycles. The second-order valence-electron chi connectivity index (χ2n) is 5.69. The van der Waals surface area contributed by atoms with Crippen molar-refractivity contribution in [3.8, 4) is 11.5 Å². The smallest absolute Gasteiger partial charge is 0.312 e. The zero-order chi connectivity index (χ0) is 21.4. The number of nitro benzene ring substituents is 1. The molecule has 29 heavy (non-hydrogen) atoms. The molecule has 2 aromatic carbocycles. The normalized spacial score (nSPS) is 10.6.